The van der Waals surface area contributed by atoms with E-state index in [9.17, 15) is 29.6 Å². The highest BCUT2D eigenvalue weighted by molar-refractivity contribution is 5.98. The van der Waals surface area contributed by atoms with Crippen LogP contribution in [-0.4, -0.2) is 64.7 Å². The Balaban J connectivity index is 1.97. The molecule has 0 unspecified atom stereocenters. The predicted octanol–water partition coefficient (Wildman–Crippen LogP) is 1.55. The van der Waals surface area contributed by atoms with E-state index < -0.39 is 41.5 Å². The summed E-state index contributed by atoms with van der Waals surface area (Å²) in [5.41, 5.74) is -0.225. The van der Waals surface area contributed by atoms with Crippen LogP contribution in [0.5, 0.6) is 0 Å². The second-order valence-corrected chi connectivity index (χ2v) is 6.87. The minimum atomic E-state index is -1.06. The van der Waals surface area contributed by atoms with Gasteiger partial charge in [-0.1, -0.05) is 26.0 Å². The van der Waals surface area contributed by atoms with Crippen molar-refractivity contribution < 1.29 is 33.9 Å². The van der Waals surface area contributed by atoms with E-state index in [-0.39, 0.29) is 36.7 Å². The monoisotopic (exact) mass is 394 g/mol. The minimum absolute atomic E-state index is 0.0272. The van der Waals surface area contributed by atoms with Crippen LogP contribution in [0.2, 0.25) is 0 Å². The van der Waals surface area contributed by atoms with Gasteiger partial charge in [0, 0.05) is 24.1 Å². The topological polar surface area (TPSA) is 136 Å². The second kappa shape index (κ2) is 9.27. The Labute approximate surface area is 161 Å². The van der Waals surface area contributed by atoms with E-state index >= 15 is 0 Å². The fourth-order valence-corrected chi connectivity index (χ4v) is 2.67. The molecule has 1 aliphatic rings. The van der Waals surface area contributed by atoms with Crippen molar-refractivity contribution in [3.05, 3.63) is 39.9 Å². The normalized spacial score (nSPS) is 18.8. The van der Waals surface area contributed by atoms with Crippen molar-refractivity contribution in [3.8, 4) is 0 Å². The Morgan fingerprint density at radius 1 is 1.32 bits per heavy atom. The lowest BCUT2D eigenvalue weighted by atomic mass is 10.1. The van der Waals surface area contributed by atoms with Gasteiger partial charge in [0.2, 0.25) is 5.78 Å². The number of Topliss-reactive ketones (excluding diaryl/α,β-unsaturated/α-hetero) is 1. The molecule has 1 aromatic rings. The maximum Gasteiger partial charge on any atom is 0.410 e. The Hall–Kier alpha value is -3.01. The molecule has 0 bridgehead atoms. The number of ether oxygens (including phenoxy) is 2. The highest BCUT2D eigenvalue weighted by Gasteiger charge is 2.41. The number of carbonyl (C=O) groups is 3. The average Bonchev–Trinajstić information content (AvgIpc) is 3.05. The zero-order valence-corrected chi connectivity index (χ0v) is 15.6. The quantitative estimate of drug-likeness (QED) is 0.318. The molecule has 0 aliphatic carbocycles. The van der Waals surface area contributed by atoms with E-state index in [2.05, 4.69) is 0 Å². The van der Waals surface area contributed by atoms with Crippen molar-refractivity contribution in [2.24, 2.45) is 5.92 Å². The van der Waals surface area contributed by atoms with Gasteiger partial charge < -0.3 is 14.6 Å². The smallest absolute Gasteiger partial charge is 0.410 e. The summed E-state index contributed by atoms with van der Waals surface area (Å²) in [6.07, 6.45) is -1.67. The predicted molar refractivity (Wildman–Crippen MR) is 95.7 cm³/mol. The first-order valence-electron chi connectivity index (χ1n) is 8.74. The van der Waals surface area contributed by atoms with Crippen molar-refractivity contribution in [2.45, 2.75) is 32.4 Å². The van der Waals surface area contributed by atoms with Gasteiger partial charge in [0.25, 0.3) is 5.69 Å². The third-order valence-corrected chi connectivity index (χ3v) is 4.05. The minimum Gasteiger partial charge on any atom is -0.456 e. The number of nitrogens with zero attached hydrogens (tertiary/aromatic N) is 2. The van der Waals surface area contributed by atoms with E-state index in [0.29, 0.717) is 0 Å². The maximum atomic E-state index is 12.3. The van der Waals surface area contributed by atoms with Gasteiger partial charge in [0.1, 0.15) is 6.04 Å². The Kier molecular flexibility index (Phi) is 7.05. The number of aliphatic hydroxyl groups excluding tert-OH is 1. The second-order valence-electron chi connectivity index (χ2n) is 6.87. The van der Waals surface area contributed by atoms with E-state index in [1.807, 2.05) is 13.8 Å². The number of ketones is 1. The number of aliphatic hydroxyl groups is 1. The van der Waals surface area contributed by atoms with E-state index in [1.165, 1.54) is 18.2 Å². The molecular formula is C18H22N2O8. The Morgan fingerprint density at radius 3 is 2.68 bits per heavy atom. The van der Waals surface area contributed by atoms with Crippen molar-refractivity contribution in [2.75, 3.05) is 19.8 Å². The number of nitro benzene ring substituents is 1. The number of hydrogen-bond acceptors (Lipinski definition) is 8. The zero-order valence-electron chi connectivity index (χ0n) is 15.6. The molecule has 2 rings (SSSR count). The fourth-order valence-electron chi connectivity index (χ4n) is 2.67. The number of amides is 1. The van der Waals surface area contributed by atoms with Gasteiger partial charge in [0.15, 0.2) is 6.61 Å². The molecule has 1 aromatic carbocycles. The summed E-state index contributed by atoms with van der Waals surface area (Å²) in [6.45, 7) is 3.17. The van der Waals surface area contributed by atoms with Gasteiger partial charge in [-0.2, -0.15) is 0 Å². The summed E-state index contributed by atoms with van der Waals surface area (Å²) in [7, 11) is 0. The molecule has 1 heterocycles. The first kappa shape index (κ1) is 21.3. The summed E-state index contributed by atoms with van der Waals surface area (Å²) < 4.78 is 10.1. The number of rotatable bonds is 7. The first-order valence-corrected chi connectivity index (χ1v) is 8.74. The number of β-amino-alcohol motifs (C(OH)–C–C–N with tert-alkyl or cyclic N) is 1. The molecule has 10 heteroatoms. The third kappa shape index (κ3) is 5.49. The number of hydrogen-bond donors (Lipinski definition) is 1. The lowest BCUT2D eigenvalue weighted by molar-refractivity contribution is -0.384. The Morgan fingerprint density at radius 2 is 2.04 bits per heavy atom. The van der Waals surface area contributed by atoms with E-state index in [1.54, 1.807) is 0 Å². The van der Waals surface area contributed by atoms with Crippen LogP contribution >= 0.6 is 0 Å². The van der Waals surface area contributed by atoms with Crippen molar-refractivity contribution in [3.63, 3.8) is 0 Å². The van der Waals surface area contributed by atoms with Gasteiger partial charge in [0.05, 0.1) is 24.2 Å². The molecule has 2 atom stereocenters. The highest BCUT2D eigenvalue weighted by atomic mass is 16.6. The molecule has 1 amide bonds. The SMILES string of the molecule is CC(C)COC(=O)N1C[C@@H](O)C[C@H]1C(=O)OCC(=O)c1cccc([N+](=O)[O-])c1. The van der Waals surface area contributed by atoms with Crippen LogP contribution in [0.25, 0.3) is 0 Å². The summed E-state index contributed by atoms with van der Waals surface area (Å²) in [6, 6.07) is 3.99. The number of likely N-dealkylation sites (tertiary alicyclic amines) is 1. The van der Waals surface area contributed by atoms with Gasteiger partial charge >= 0.3 is 12.1 Å². The summed E-state index contributed by atoms with van der Waals surface area (Å²) in [5, 5.41) is 20.6. The summed E-state index contributed by atoms with van der Waals surface area (Å²) >= 11 is 0. The average molecular weight is 394 g/mol. The van der Waals surface area contributed by atoms with Crippen LogP contribution in [0, 0.1) is 16.0 Å². The molecule has 0 saturated carbocycles. The molecule has 1 fully saturated rings. The molecule has 0 radical (unpaired) electrons. The molecule has 0 spiro atoms. The molecule has 1 N–H and O–H groups in total. The number of carbonyl (C=O) groups excluding carboxylic acids is 3. The van der Waals surface area contributed by atoms with Crippen molar-refractivity contribution in [1.82, 2.24) is 4.90 Å². The molecule has 10 nitrogen and oxygen atoms in total. The zero-order chi connectivity index (χ0) is 20.8. The van der Waals surface area contributed by atoms with Crippen LogP contribution in [-0.2, 0) is 14.3 Å². The molecule has 28 heavy (non-hydrogen) atoms. The standard InChI is InChI=1S/C18H22N2O8/c1-11(2)9-28-18(24)19-8-14(21)7-15(19)17(23)27-10-16(22)12-4-3-5-13(6-12)20(25)26/h3-6,11,14-15,21H,7-10H2,1-2H3/t14-,15-/m0/s1. The summed E-state index contributed by atoms with van der Waals surface area (Å²) in [5.74, 6) is -1.37. The molecule has 1 saturated heterocycles. The Bertz CT molecular complexity index is 764. The molecule has 0 aromatic heterocycles. The highest BCUT2D eigenvalue weighted by Crippen LogP contribution is 2.21. The first-order chi connectivity index (χ1) is 13.2. The van der Waals surface area contributed by atoms with E-state index in [4.69, 9.17) is 9.47 Å². The maximum absolute atomic E-state index is 12.3. The van der Waals surface area contributed by atoms with Crippen LogP contribution in [0.15, 0.2) is 24.3 Å². The largest absolute Gasteiger partial charge is 0.456 e. The number of esters is 1. The fraction of sp³-hybridized carbons (Fsp3) is 0.500. The number of nitro groups is 1. The van der Waals surface area contributed by atoms with Crippen LogP contribution in [0.1, 0.15) is 30.6 Å². The van der Waals surface area contributed by atoms with Crippen LogP contribution < -0.4 is 0 Å². The number of non-ortho nitro benzene ring substituents is 1. The van der Waals surface area contributed by atoms with Gasteiger partial charge in [-0.3, -0.25) is 19.8 Å². The molecular weight excluding hydrogens is 372 g/mol. The van der Waals surface area contributed by atoms with Gasteiger partial charge in [-0.25, -0.2) is 9.59 Å². The lowest BCUT2D eigenvalue weighted by Crippen LogP contribution is -2.42. The summed E-state index contributed by atoms with van der Waals surface area (Å²) in [4.78, 5) is 47.8. The van der Waals surface area contributed by atoms with E-state index in [0.717, 1.165) is 11.0 Å². The van der Waals surface area contributed by atoms with Gasteiger partial charge in [-0.05, 0) is 5.92 Å². The van der Waals surface area contributed by atoms with Crippen molar-refractivity contribution in [1.29, 1.82) is 0 Å². The lowest BCUT2D eigenvalue weighted by Gasteiger charge is -2.22. The van der Waals surface area contributed by atoms with Crippen molar-refractivity contribution >= 4 is 23.5 Å². The molecule has 152 valence electrons. The third-order valence-electron chi connectivity index (χ3n) is 4.05. The number of benzene rings is 1. The molecule has 1 aliphatic heterocycles. The van der Waals surface area contributed by atoms with Crippen LogP contribution in [0.3, 0.4) is 0 Å². The van der Waals surface area contributed by atoms with Crippen LogP contribution in [0.4, 0.5) is 10.5 Å². The van der Waals surface area contributed by atoms with Gasteiger partial charge in [-0.15, -0.1) is 0 Å².